The number of hydrogen-bond donors (Lipinski definition) is 1. The minimum atomic E-state index is -0.344. The second-order valence-corrected chi connectivity index (χ2v) is 7.08. The molecule has 3 aliphatic heterocycles. The van der Waals surface area contributed by atoms with Gasteiger partial charge >= 0.3 is 0 Å². The number of imidazole rings is 1. The summed E-state index contributed by atoms with van der Waals surface area (Å²) in [4.78, 5) is 35.7. The van der Waals surface area contributed by atoms with E-state index >= 15 is 0 Å². The summed E-state index contributed by atoms with van der Waals surface area (Å²) in [6.45, 7) is 4.24. The third-order valence-corrected chi connectivity index (χ3v) is 5.50. The molecular weight excluding hydrogens is 324 g/mol. The van der Waals surface area contributed by atoms with Gasteiger partial charge in [0.25, 0.3) is 5.91 Å². The maximum Gasteiger partial charge on any atom is 0.289 e. The van der Waals surface area contributed by atoms with Crippen molar-refractivity contribution in [3.8, 4) is 0 Å². The van der Waals surface area contributed by atoms with Crippen LogP contribution in [0.25, 0.3) is 0 Å². The quantitative estimate of drug-likeness (QED) is 0.829. The number of aromatic nitrogens is 2. The van der Waals surface area contributed by atoms with Crippen molar-refractivity contribution in [3.63, 3.8) is 0 Å². The molecule has 1 aromatic heterocycles. The Labute approximate surface area is 146 Å². The van der Waals surface area contributed by atoms with E-state index in [0.29, 0.717) is 51.8 Å². The van der Waals surface area contributed by atoms with Crippen molar-refractivity contribution in [2.24, 2.45) is 5.92 Å². The van der Waals surface area contributed by atoms with Gasteiger partial charge < -0.3 is 24.3 Å². The van der Waals surface area contributed by atoms with E-state index in [-0.39, 0.29) is 23.3 Å². The number of amides is 2. The SMILES string of the molecule is O=C(c1ncc[nH]1)N1CCOC2(CCN(C(=O)C3CCOC3)CC2)C1. The number of ether oxygens (including phenoxy) is 2. The molecule has 0 bridgehead atoms. The van der Waals surface area contributed by atoms with E-state index < -0.39 is 0 Å². The molecule has 0 aliphatic carbocycles. The summed E-state index contributed by atoms with van der Waals surface area (Å²) in [6.07, 6.45) is 5.57. The third-order valence-electron chi connectivity index (χ3n) is 5.50. The van der Waals surface area contributed by atoms with Crippen LogP contribution in [-0.2, 0) is 14.3 Å². The van der Waals surface area contributed by atoms with Gasteiger partial charge in [-0.15, -0.1) is 0 Å². The van der Waals surface area contributed by atoms with E-state index in [1.807, 2.05) is 9.80 Å². The molecule has 0 aromatic carbocycles. The van der Waals surface area contributed by atoms with Crippen LogP contribution in [0.3, 0.4) is 0 Å². The first-order valence-electron chi connectivity index (χ1n) is 8.96. The average Bonchev–Trinajstić information content (AvgIpc) is 3.35. The molecule has 1 atom stereocenters. The molecule has 0 saturated carbocycles. The first-order valence-corrected chi connectivity index (χ1v) is 8.96. The molecule has 0 radical (unpaired) electrons. The van der Waals surface area contributed by atoms with Crippen LogP contribution in [0.4, 0.5) is 0 Å². The lowest BCUT2D eigenvalue weighted by molar-refractivity contribution is -0.150. The Hall–Kier alpha value is -1.93. The summed E-state index contributed by atoms with van der Waals surface area (Å²) in [5.41, 5.74) is -0.344. The van der Waals surface area contributed by atoms with Gasteiger partial charge in [0, 0.05) is 38.6 Å². The van der Waals surface area contributed by atoms with Gasteiger partial charge in [0.15, 0.2) is 5.82 Å². The minimum Gasteiger partial charge on any atom is -0.381 e. The van der Waals surface area contributed by atoms with Crippen LogP contribution in [0, 0.1) is 5.92 Å². The van der Waals surface area contributed by atoms with Gasteiger partial charge in [-0.1, -0.05) is 0 Å². The lowest BCUT2D eigenvalue weighted by Crippen LogP contribution is -2.59. The molecule has 1 aromatic rings. The fourth-order valence-electron chi connectivity index (χ4n) is 3.97. The van der Waals surface area contributed by atoms with Crippen molar-refractivity contribution >= 4 is 11.8 Å². The van der Waals surface area contributed by atoms with Gasteiger partial charge in [0.05, 0.1) is 31.3 Å². The molecule has 3 aliphatic rings. The largest absolute Gasteiger partial charge is 0.381 e. The van der Waals surface area contributed by atoms with Crippen LogP contribution in [0.15, 0.2) is 12.4 Å². The van der Waals surface area contributed by atoms with E-state index in [1.165, 1.54) is 0 Å². The molecule has 1 unspecified atom stereocenters. The van der Waals surface area contributed by atoms with Crippen LogP contribution in [0.1, 0.15) is 29.9 Å². The zero-order valence-electron chi connectivity index (χ0n) is 14.3. The van der Waals surface area contributed by atoms with Crippen molar-refractivity contribution in [1.82, 2.24) is 19.8 Å². The number of likely N-dealkylation sites (tertiary alicyclic amines) is 1. The summed E-state index contributed by atoms with van der Waals surface area (Å²) < 4.78 is 11.4. The molecule has 3 fully saturated rings. The summed E-state index contributed by atoms with van der Waals surface area (Å²) in [7, 11) is 0. The fraction of sp³-hybridized carbons (Fsp3) is 0.706. The Morgan fingerprint density at radius 3 is 2.72 bits per heavy atom. The van der Waals surface area contributed by atoms with Gasteiger partial charge in [-0.25, -0.2) is 4.98 Å². The maximum absolute atomic E-state index is 12.5. The van der Waals surface area contributed by atoms with E-state index in [1.54, 1.807) is 12.4 Å². The number of aromatic amines is 1. The second-order valence-electron chi connectivity index (χ2n) is 7.08. The lowest BCUT2D eigenvalue weighted by Gasteiger charge is -2.47. The van der Waals surface area contributed by atoms with Crippen molar-refractivity contribution in [2.45, 2.75) is 24.9 Å². The van der Waals surface area contributed by atoms with E-state index in [2.05, 4.69) is 9.97 Å². The lowest BCUT2D eigenvalue weighted by atomic mass is 9.88. The van der Waals surface area contributed by atoms with Crippen LogP contribution >= 0.6 is 0 Å². The van der Waals surface area contributed by atoms with Crippen LogP contribution in [0.2, 0.25) is 0 Å². The highest BCUT2D eigenvalue weighted by Gasteiger charge is 2.43. The normalized spacial score (nSPS) is 26.2. The molecule has 2 amide bonds. The smallest absolute Gasteiger partial charge is 0.289 e. The molecule has 1 N–H and O–H groups in total. The van der Waals surface area contributed by atoms with Crippen LogP contribution in [-0.4, -0.2) is 83.2 Å². The highest BCUT2D eigenvalue weighted by Crippen LogP contribution is 2.31. The first-order chi connectivity index (χ1) is 12.2. The monoisotopic (exact) mass is 348 g/mol. The molecule has 25 heavy (non-hydrogen) atoms. The zero-order chi connectivity index (χ0) is 17.3. The van der Waals surface area contributed by atoms with Crippen molar-refractivity contribution in [1.29, 1.82) is 0 Å². The molecule has 1 spiro atoms. The molecule has 8 nitrogen and oxygen atoms in total. The van der Waals surface area contributed by atoms with E-state index in [9.17, 15) is 9.59 Å². The van der Waals surface area contributed by atoms with Gasteiger partial charge in [-0.2, -0.15) is 0 Å². The number of hydrogen-bond acceptors (Lipinski definition) is 5. The number of piperidine rings is 1. The number of morpholine rings is 1. The van der Waals surface area contributed by atoms with Gasteiger partial charge in [0.2, 0.25) is 5.91 Å². The summed E-state index contributed by atoms with van der Waals surface area (Å²) in [6, 6.07) is 0. The summed E-state index contributed by atoms with van der Waals surface area (Å²) in [5, 5.41) is 0. The third kappa shape index (κ3) is 3.28. The Balaban J connectivity index is 1.36. The maximum atomic E-state index is 12.5. The predicted molar refractivity (Wildman–Crippen MR) is 87.9 cm³/mol. The summed E-state index contributed by atoms with van der Waals surface area (Å²) in [5.74, 6) is 0.491. The van der Waals surface area contributed by atoms with Gasteiger partial charge in [-0.3, -0.25) is 9.59 Å². The highest BCUT2D eigenvalue weighted by atomic mass is 16.5. The van der Waals surface area contributed by atoms with E-state index in [4.69, 9.17) is 9.47 Å². The van der Waals surface area contributed by atoms with Crippen molar-refractivity contribution in [3.05, 3.63) is 18.2 Å². The number of nitrogens with zero attached hydrogens (tertiary/aromatic N) is 3. The highest BCUT2D eigenvalue weighted by molar-refractivity contribution is 5.90. The Bertz CT molecular complexity index is 619. The molecular formula is C17H24N4O4. The van der Waals surface area contributed by atoms with Gasteiger partial charge in [-0.05, 0) is 19.3 Å². The molecule has 8 heteroatoms. The average molecular weight is 348 g/mol. The number of rotatable bonds is 2. The van der Waals surface area contributed by atoms with Crippen LogP contribution in [0.5, 0.6) is 0 Å². The Morgan fingerprint density at radius 1 is 1.20 bits per heavy atom. The number of carbonyl (C=O) groups excluding carboxylic acids is 2. The molecule has 136 valence electrons. The number of nitrogens with one attached hydrogen (secondary N) is 1. The zero-order valence-corrected chi connectivity index (χ0v) is 14.3. The standard InChI is InChI=1S/C17H24N4O4/c22-15(13-1-9-24-11-13)20-6-2-17(3-7-20)12-21(8-10-25-17)16(23)14-18-4-5-19-14/h4-5,13H,1-3,6-12H2,(H,18,19). The molecule has 4 heterocycles. The van der Waals surface area contributed by atoms with Crippen LogP contribution < -0.4 is 0 Å². The Morgan fingerprint density at radius 2 is 2.04 bits per heavy atom. The van der Waals surface area contributed by atoms with Crippen molar-refractivity contribution < 1.29 is 19.1 Å². The first kappa shape index (κ1) is 16.5. The molecule has 4 rings (SSSR count). The van der Waals surface area contributed by atoms with Gasteiger partial charge in [0.1, 0.15) is 0 Å². The van der Waals surface area contributed by atoms with Crippen molar-refractivity contribution in [2.75, 3.05) is 46.0 Å². The number of H-pyrrole nitrogens is 1. The minimum absolute atomic E-state index is 0.0124. The summed E-state index contributed by atoms with van der Waals surface area (Å²) >= 11 is 0. The second kappa shape index (κ2) is 6.76. The Kier molecular flexibility index (Phi) is 4.47. The topological polar surface area (TPSA) is 87.8 Å². The fourth-order valence-corrected chi connectivity index (χ4v) is 3.97. The molecule has 3 saturated heterocycles. The predicted octanol–water partition coefficient (Wildman–Crippen LogP) is 0.280. The van der Waals surface area contributed by atoms with E-state index in [0.717, 1.165) is 19.3 Å². The number of carbonyl (C=O) groups is 2.